The van der Waals surface area contributed by atoms with Gasteiger partial charge < -0.3 is 20.0 Å². The van der Waals surface area contributed by atoms with Crippen LogP contribution in [0.15, 0.2) is 28.9 Å². The molecule has 2 N–H and O–H groups in total. The van der Waals surface area contributed by atoms with Crippen molar-refractivity contribution in [2.24, 2.45) is 5.92 Å². The quantitative estimate of drug-likeness (QED) is 0.827. The lowest BCUT2D eigenvalue weighted by Gasteiger charge is -2.32. The second-order valence-electron chi connectivity index (χ2n) is 7.08. The lowest BCUT2D eigenvalue weighted by Crippen LogP contribution is -2.45. The van der Waals surface area contributed by atoms with Gasteiger partial charge in [-0.15, -0.1) is 0 Å². The summed E-state index contributed by atoms with van der Waals surface area (Å²) in [4.78, 5) is 23.7. The fourth-order valence-corrected chi connectivity index (χ4v) is 3.15. The SMILES string of the molecule is Cc1cc(NCc2ccco2)nc(N2CCCC(C(=O)NC(C)C)C2)n1. The Balaban J connectivity index is 1.68. The van der Waals surface area contributed by atoms with Crippen molar-refractivity contribution in [1.29, 1.82) is 0 Å². The number of aromatic nitrogens is 2. The minimum Gasteiger partial charge on any atom is -0.467 e. The van der Waals surface area contributed by atoms with Crippen molar-refractivity contribution < 1.29 is 9.21 Å². The Morgan fingerprint density at radius 3 is 3.00 bits per heavy atom. The van der Waals surface area contributed by atoms with E-state index in [9.17, 15) is 4.79 Å². The van der Waals surface area contributed by atoms with E-state index in [0.29, 0.717) is 19.0 Å². The van der Waals surface area contributed by atoms with Crippen molar-refractivity contribution in [3.8, 4) is 0 Å². The van der Waals surface area contributed by atoms with Crippen LogP contribution >= 0.6 is 0 Å². The molecule has 2 aromatic rings. The molecule has 0 radical (unpaired) electrons. The predicted molar refractivity (Wildman–Crippen MR) is 101 cm³/mol. The molecule has 0 aromatic carbocycles. The number of piperidine rings is 1. The molecule has 0 bridgehead atoms. The van der Waals surface area contributed by atoms with Gasteiger partial charge >= 0.3 is 0 Å². The third kappa shape index (κ3) is 4.74. The van der Waals surface area contributed by atoms with E-state index in [1.54, 1.807) is 6.26 Å². The van der Waals surface area contributed by atoms with E-state index in [-0.39, 0.29) is 17.9 Å². The molecule has 0 saturated carbocycles. The van der Waals surface area contributed by atoms with Gasteiger partial charge in [0.25, 0.3) is 0 Å². The highest BCUT2D eigenvalue weighted by molar-refractivity contribution is 5.79. The van der Waals surface area contributed by atoms with Crippen LogP contribution in [-0.2, 0) is 11.3 Å². The minimum atomic E-state index is -0.0187. The Bertz CT molecular complexity index is 730. The molecular weight excluding hydrogens is 330 g/mol. The summed E-state index contributed by atoms with van der Waals surface area (Å²) in [5.74, 6) is 2.39. The van der Waals surface area contributed by atoms with Crippen LogP contribution in [0.5, 0.6) is 0 Å². The molecule has 1 atom stereocenters. The fourth-order valence-electron chi connectivity index (χ4n) is 3.15. The van der Waals surface area contributed by atoms with Gasteiger partial charge in [0, 0.05) is 30.9 Å². The number of aryl methyl sites for hydroxylation is 1. The molecule has 26 heavy (non-hydrogen) atoms. The van der Waals surface area contributed by atoms with Gasteiger partial charge in [0.2, 0.25) is 11.9 Å². The Kier molecular flexibility index (Phi) is 5.75. The standard InChI is InChI=1S/C19H27N5O2/c1-13(2)21-18(25)15-6-4-8-24(12-15)19-22-14(3)10-17(23-19)20-11-16-7-5-9-26-16/h5,7,9-10,13,15H,4,6,8,11-12H2,1-3H3,(H,21,25)(H,20,22,23). The minimum absolute atomic E-state index is 0.0187. The van der Waals surface area contributed by atoms with Crippen LogP contribution < -0.4 is 15.5 Å². The van der Waals surface area contributed by atoms with Crippen LogP contribution in [0, 0.1) is 12.8 Å². The Labute approximate surface area is 154 Å². The van der Waals surface area contributed by atoms with Gasteiger partial charge in [0.05, 0.1) is 18.7 Å². The summed E-state index contributed by atoms with van der Waals surface area (Å²) in [6.07, 6.45) is 3.52. The van der Waals surface area contributed by atoms with E-state index in [1.165, 1.54) is 0 Å². The third-order valence-corrected chi connectivity index (χ3v) is 4.37. The van der Waals surface area contributed by atoms with E-state index in [1.807, 2.05) is 39.0 Å². The second-order valence-corrected chi connectivity index (χ2v) is 7.08. The zero-order chi connectivity index (χ0) is 18.5. The molecule has 0 spiro atoms. The maximum atomic E-state index is 12.4. The third-order valence-electron chi connectivity index (χ3n) is 4.37. The summed E-state index contributed by atoms with van der Waals surface area (Å²) in [5.41, 5.74) is 0.894. The smallest absolute Gasteiger partial charge is 0.227 e. The first-order valence-corrected chi connectivity index (χ1v) is 9.18. The number of rotatable bonds is 6. The molecule has 1 fully saturated rings. The van der Waals surface area contributed by atoms with Crippen LogP contribution in [0.1, 0.15) is 38.1 Å². The van der Waals surface area contributed by atoms with E-state index < -0.39 is 0 Å². The molecular formula is C19H27N5O2. The van der Waals surface area contributed by atoms with Crippen LogP contribution in [0.25, 0.3) is 0 Å². The number of nitrogens with one attached hydrogen (secondary N) is 2. The first-order chi connectivity index (χ1) is 12.5. The number of carbonyl (C=O) groups is 1. The van der Waals surface area contributed by atoms with Crippen molar-refractivity contribution in [2.45, 2.75) is 46.2 Å². The van der Waals surface area contributed by atoms with E-state index in [0.717, 1.165) is 36.7 Å². The molecule has 1 amide bonds. The van der Waals surface area contributed by atoms with Crippen molar-refractivity contribution in [1.82, 2.24) is 15.3 Å². The topological polar surface area (TPSA) is 83.3 Å². The fraction of sp³-hybridized carbons (Fsp3) is 0.526. The zero-order valence-electron chi connectivity index (χ0n) is 15.7. The summed E-state index contributed by atoms with van der Waals surface area (Å²) in [6, 6.07) is 5.86. The Morgan fingerprint density at radius 2 is 2.27 bits per heavy atom. The van der Waals surface area contributed by atoms with Crippen LogP contribution in [0.2, 0.25) is 0 Å². The molecule has 0 aliphatic carbocycles. The summed E-state index contributed by atoms with van der Waals surface area (Å²) >= 11 is 0. The number of hydrogen-bond acceptors (Lipinski definition) is 6. The van der Waals surface area contributed by atoms with E-state index in [2.05, 4.69) is 25.5 Å². The lowest BCUT2D eigenvalue weighted by atomic mass is 9.97. The maximum absolute atomic E-state index is 12.4. The number of carbonyl (C=O) groups excluding carboxylic acids is 1. The summed E-state index contributed by atoms with van der Waals surface area (Å²) in [6.45, 7) is 8.02. The average molecular weight is 357 g/mol. The number of anilines is 2. The largest absolute Gasteiger partial charge is 0.467 e. The molecule has 1 saturated heterocycles. The van der Waals surface area contributed by atoms with Gasteiger partial charge in [-0.25, -0.2) is 4.98 Å². The first-order valence-electron chi connectivity index (χ1n) is 9.18. The molecule has 3 heterocycles. The summed E-state index contributed by atoms with van der Waals surface area (Å²) < 4.78 is 5.34. The van der Waals surface area contributed by atoms with Gasteiger partial charge in [-0.3, -0.25) is 4.79 Å². The lowest BCUT2D eigenvalue weighted by molar-refractivity contribution is -0.125. The molecule has 7 heteroatoms. The van der Waals surface area contributed by atoms with Gasteiger partial charge in [0.1, 0.15) is 11.6 Å². The Morgan fingerprint density at radius 1 is 1.42 bits per heavy atom. The monoisotopic (exact) mass is 357 g/mol. The van der Waals surface area contributed by atoms with Gasteiger partial charge in [0.15, 0.2) is 0 Å². The number of hydrogen-bond donors (Lipinski definition) is 2. The highest BCUT2D eigenvalue weighted by atomic mass is 16.3. The zero-order valence-corrected chi connectivity index (χ0v) is 15.7. The van der Waals surface area contributed by atoms with Gasteiger partial charge in [-0.2, -0.15) is 4.98 Å². The second kappa shape index (κ2) is 8.21. The maximum Gasteiger partial charge on any atom is 0.227 e. The van der Waals surface area contributed by atoms with E-state index in [4.69, 9.17) is 4.42 Å². The molecule has 2 aromatic heterocycles. The molecule has 3 rings (SSSR count). The molecule has 1 unspecified atom stereocenters. The van der Waals surface area contributed by atoms with Crippen molar-refractivity contribution in [3.63, 3.8) is 0 Å². The molecule has 7 nitrogen and oxygen atoms in total. The van der Waals surface area contributed by atoms with Gasteiger partial charge in [-0.05, 0) is 45.7 Å². The van der Waals surface area contributed by atoms with Gasteiger partial charge in [-0.1, -0.05) is 0 Å². The predicted octanol–water partition coefficient (Wildman–Crippen LogP) is 2.73. The van der Waals surface area contributed by atoms with Crippen LogP contribution in [0.4, 0.5) is 11.8 Å². The first kappa shape index (κ1) is 18.2. The van der Waals surface area contributed by atoms with Crippen LogP contribution in [0.3, 0.4) is 0 Å². The molecule has 1 aliphatic rings. The van der Waals surface area contributed by atoms with Crippen molar-refractivity contribution >= 4 is 17.7 Å². The number of amides is 1. The molecule has 140 valence electrons. The van der Waals surface area contributed by atoms with Crippen molar-refractivity contribution in [2.75, 3.05) is 23.3 Å². The highest BCUT2D eigenvalue weighted by Crippen LogP contribution is 2.22. The molecule has 1 aliphatic heterocycles. The van der Waals surface area contributed by atoms with E-state index >= 15 is 0 Å². The Hall–Kier alpha value is -2.57. The van der Waals surface area contributed by atoms with Crippen molar-refractivity contribution in [3.05, 3.63) is 35.9 Å². The normalized spacial score (nSPS) is 17.4. The number of nitrogens with zero attached hydrogens (tertiary/aromatic N) is 3. The van der Waals surface area contributed by atoms with Crippen LogP contribution in [-0.4, -0.2) is 35.0 Å². The summed E-state index contributed by atoms with van der Waals surface area (Å²) in [5, 5.41) is 6.29. The average Bonchev–Trinajstić information content (AvgIpc) is 3.12. The summed E-state index contributed by atoms with van der Waals surface area (Å²) in [7, 11) is 0. The number of furan rings is 1. The highest BCUT2D eigenvalue weighted by Gasteiger charge is 2.27.